The van der Waals surface area contributed by atoms with Crippen molar-refractivity contribution in [3.63, 3.8) is 0 Å². The van der Waals surface area contributed by atoms with E-state index in [9.17, 15) is 58.8 Å². The number of unbranched alkanes of at least 4 members (excludes halogenated alkanes) is 4. The van der Waals surface area contributed by atoms with Crippen LogP contribution in [0.2, 0.25) is 0 Å². The summed E-state index contributed by atoms with van der Waals surface area (Å²) in [5, 5.41) is 37.2. The monoisotopic (exact) mass is 1130 g/mol. The number of hydrogen-bond acceptors (Lipinski definition) is 16. The molecular weight excluding hydrogens is 1040 g/mol. The van der Waals surface area contributed by atoms with Crippen molar-refractivity contribution < 1.29 is 31.4 Å². The summed E-state index contributed by atoms with van der Waals surface area (Å²) in [6.07, 6.45) is 7.95. The van der Waals surface area contributed by atoms with Gasteiger partial charge in [-0.15, -0.1) is 0 Å². The number of rotatable bonds is 20. The highest BCUT2D eigenvalue weighted by molar-refractivity contribution is 5.71. The Morgan fingerprint density at radius 2 is 0.613 bits per heavy atom. The highest BCUT2D eigenvalue weighted by atomic mass is 16.3. The van der Waals surface area contributed by atoms with Crippen LogP contribution in [0.25, 0.3) is 44.7 Å². The summed E-state index contributed by atoms with van der Waals surface area (Å²) in [6, 6.07) is 0. The number of hydrogen-bond donors (Lipinski definition) is 4. The van der Waals surface area contributed by atoms with Gasteiger partial charge in [0.1, 0.15) is 0 Å². The predicted octanol–water partition coefficient (Wildman–Crippen LogP) is -0.0608. The lowest BCUT2D eigenvalue weighted by atomic mass is 10.2. The van der Waals surface area contributed by atoms with Gasteiger partial charge in [0.05, 0.1) is 52.4 Å². The average Bonchev–Trinajstić information content (AvgIpc) is 1.95. The largest absolute Gasteiger partial charge is 0.393 e. The van der Waals surface area contributed by atoms with Crippen molar-refractivity contribution in [3.05, 3.63) is 109 Å². The first-order valence-corrected chi connectivity index (χ1v) is 26.1. The third-order valence-corrected chi connectivity index (χ3v) is 13.2. The maximum atomic E-state index is 12.5. The summed E-state index contributed by atoms with van der Waals surface area (Å²) >= 11 is 0. The molecule has 8 rings (SSSR count). The molecule has 0 saturated heterocycles. The first kappa shape index (κ1) is 51.9. The molecule has 28 heteroatoms. The van der Waals surface area contributed by atoms with Crippen LogP contribution in [0.3, 0.4) is 0 Å². The van der Waals surface area contributed by atoms with Crippen LogP contribution in [0.4, 0.5) is 0 Å². The van der Waals surface area contributed by atoms with Crippen molar-refractivity contribution in [3.8, 4) is 0 Å². The summed E-state index contributed by atoms with van der Waals surface area (Å²) in [5.41, 5.74) is -2.98. The maximum Gasteiger partial charge on any atom is 0.332 e. The summed E-state index contributed by atoms with van der Waals surface area (Å²) < 4.78 is 74.1. The molecule has 0 unspecified atom stereocenters. The van der Waals surface area contributed by atoms with Gasteiger partial charge in [0.25, 0.3) is 22.2 Å². The SMILES string of the molecule is C[C@@H](O)CCCCn1c(=O)c2c(ncn2C)n(C)c1=O.[2H]C([2H])([2H])n1c(=O)n(CCCC[C@@H](C)O)c(=O)c2c1ncn2C.[2H]C([2H])([2H])n1c(=O)n(CCCC[C@@]([2H])(C)O)c(=O)c2c1ncn2C.[2H][C@](C)(O)CCCCn1c(=O)c2c(ncn2C)n(C)c1=O. The van der Waals surface area contributed by atoms with E-state index in [1.54, 1.807) is 65.3 Å². The topological polar surface area (TPSA) is 328 Å². The minimum Gasteiger partial charge on any atom is -0.393 e. The number of aliphatic hydroxyl groups is 4. The molecule has 0 aliphatic rings. The molecule has 8 heterocycles. The van der Waals surface area contributed by atoms with Crippen molar-refractivity contribution in [2.75, 3.05) is 0 Å². The van der Waals surface area contributed by atoms with Crippen LogP contribution in [0, 0.1) is 0 Å². The molecule has 4 atom stereocenters. The number of nitrogens with zero attached hydrogens (tertiary/aromatic N) is 16. The summed E-state index contributed by atoms with van der Waals surface area (Å²) in [7, 11) is 9.77. The van der Waals surface area contributed by atoms with Crippen molar-refractivity contribution in [1.82, 2.24) is 74.7 Å². The second kappa shape index (κ2) is 28.0. The van der Waals surface area contributed by atoms with Gasteiger partial charge in [0.15, 0.2) is 44.7 Å². The molecule has 8 aromatic rings. The van der Waals surface area contributed by atoms with Gasteiger partial charge in [-0.2, -0.15) is 0 Å². The Labute approximate surface area is 470 Å². The second-order valence-electron chi connectivity index (χ2n) is 19.9. The molecule has 0 fully saturated rings. The van der Waals surface area contributed by atoms with E-state index in [-0.39, 0.29) is 71.3 Å². The summed E-state index contributed by atoms with van der Waals surface area (Å²) in [5.74, 6) is 0. The Morgan fingerprint density at radius 1 is 0.388 bits per heavy atom. The lowest BCUT2D eigenvalue weighted by Crippen LogP contribution is -2.39. The van der Waals surface area contributed by atoms with E-state index < -0.39 is 60.4 Å². The Kier molecular flexibility index (Phi) is 18.2. The minimum atomic E-state index is -2.76. The molecule has 0 saturated carbocycles. The van der Waals surface area contributed by atoms with Crippen LogP contribution in [-0.4, -0.2) is 120 Å². The van der Waals surface area contributed by atoms with Gasteiger partial charge in [-0.25, -0.2) is 39.1 Å². The van der Waals surface area contributed by atoms with Gasteiger partial charge >= 0.3 is 22.8 Å². The molecule has 440 valence electrons. The van der Waals surface area contributed by atoms with E-state index in [1.807, 2.05) is 0 Å². The zero-order chi connectivity index (χ0) is 66.3. The van der Waals surface area contributed by atoms with Gasteiger partial charge in [0, 0.05) is 90.6 Å². The molecule has 0 bridgehead atoms. The van der Waals surface area contributed by atoms with Crippen molar-refractivity contribution in [2.45, 2.75) is 155 Å². The lowest BCUT2D eigenvalue weighted by Gasteiger charge is -2.09. The summed E-state index contributed by atoms with van der Waals surface area (Å²) in [4.78, 5) is 115. The molecule has 4 N–H and O–H groups in total. The first-order valence-electron chi connectivity index (χ1n) is 30.1. The highest BCUT2D eigenvalue weighted by Crippen LogP contribution is 2.09. The molecule has 0 radical (unpaired) electrons. The molecule has 0 spiro atoms. The Morgan fingerprint density at radius 3 is 0.838 bits per heavy atom. The zero-order valence-corrected chi connectivity index (χ0v) is 47.0. The highest BCUT2D eigenvalue weighted by Gasteiger charge is 2.18. The van der Waals surface area contributed by atoms with Crippen LogP contribution >= 0.6 is 0 Å². The standard InChI is InChI=1S/4C13H20N4O3/c4*1-9(18)6-4-5-7-17-12(19)10-11(14-8-15(10)2)16(3)13(17)20/h4*8-9,18H,4-7H2,1-3H3/t4*9-/m1111/s1/i3D3,9D;9D;3D3;. The fraction of sp³-hybridized carbons (Fsp3) is 0.615. The van der Waals surface area contributed by atoms with Crippen LogP contribution in [0.1, 0.15) is 116 Å². The number of aromatic nitrogens is 16. The van der Waals surface area contributed by atoms with Gasteiger partial charge < -0.3 is 38.7 Å². The molecule has 0 aliphatic heterocycles. The van der Waals surface area contributed by atoms with Crippen LogP contribution in [0.5, 0.6) is 0 Å². The molecule has 28 nitrogen and oxygen atoms in total. The van der Waals surface area contributed by atoms with Gasteiger partial charge in [-0.1, -0.05) is 0 Å². The molecule has 0 amide bonds. The smallest absolute Gasteiger partial charge is 0.332 e. The predicted molar refractivity (Wildman–Crippen MR) is 303 cm³/mol. The van der Waals surface area contributed by atoms with Gasteiger partial charge in [-0.3, -0.25) is 55.7 Å². The Bertz CT molecular complexity index is 4250. The number of imidazole rings is 4. The minimum absolute atomic E-state index is 0.00491. The maximum absolute atomic E-state index is 12.5. The van der Waals surface area contributed by atoms with Gasteiger partial charge in [-0.05, 0) is 105 Å². The molecular formula is C52H80N16O12. The van der Waals surface area contributed by atoms with E-state index in [4.69, 9.17) is 11.0 Å². The fourth-order valence-corrected chi connectivity index (χ4v) is 8.81. The quantitative estimate of drug-likeness (QED) is 0.0727. The summed E-state index contributed by atoms with van der Waals surface area (Å²) in [6.45, 7) is 1.40. The van der Waals surface area contributed by atoms with E-state index in [2.05, 4.69) is 19.9 Å². The van der Waals surface area contributed by atoms with Gasteiger partial charge in [0.2, 0.25) is 0 Å². The number of fused-ring (bicyclic) bond motifs is 4. The van der Waals surface area contributed by atoms with E-state index in [0.29, 0.717) is 102 Å². The molecule has 0 aromatic carbocycles. The number of aliphatic hydroxyl groups excluding tert-OH is 2. The molecule has 0 aliphatic carbocycles. The molecule has 80 heavy (non-hydrogen) atoms. The zero-order valence-electron chi connectivity index (χ0n) is 55.0. The third-order valence-electron chi connectivity index (χ3n) is 13.2. The first-order chi connectivity index (χ1) is 40.7. The van der Waals surface area contributed by atoms with Crippen LogP contribution in [-0.2, 0) is 82.4 Å². The average molecular weight is 1130 g/mol. The lowest BCUT2D eigenvalue weighted by molar-refractivity contribution is 0.179. The van der Waals surface area contributed by atoms with Crippen molar-refractivity contribution in [1.29, 1.82) is 0 Å². The Balaban J connectivity index is 0.000000214. The normalized spacial score (nSPS) is 15.6. The van der Waals surface area contributed by atoms with Crippen molar-refractivity contribution >= 4 is 44.7 Å². The van der Waals surface area contributed by atoms with E-state index in [0.717, 1.165) is 15.6 Å². The molecule has 8 aromatic heterocycles. The van der Waals surface area contributed by atoms with Crippen LogP contribution in [0.15, 0.2) is 63.7 Å². The number of aryl methyl sites for hydroxylation is 8. The second-order valence-corrected chi connectivity index (χ2v) is 19.9. The third kappa shape index (κ3) is 14.6. The fourth-order valence-electron chi connectivity index (χ4n) is 8.81. The van der Waals surface area contributed by atoms with Crippen molar-refractivity contribution in [2.24, 2.45) is 56.2 Å². The Hall–Kier alpha value is -7.56. The van der Waals surface area contributed by atoms with Crippen LogP contribution < -0.4 is 45.0 Å². The van der Waals surface area contributed by atoms with E-state index >= 15 is 0 Å². The van der Waals surface area contributed by atoms with E-state index in [1.165, 1.54) is 66.6 Å².